The van der Waals surface area contributed by atoms with Gasteiger partial charge in [-0.3, -0.25) is 10.1 Å². The Morgan fingerprint density at radius 3 is 2.77 bits per heavy atom. The summed E-state index contributed by atoms with van der Waals surface area (Å²) < 4.78 is 0. The molecule has 3 nitrogen and oxygen atoms in total. The zero-order chi connectivity index (χ0) is 9.84. The number of hydrogen-bond acceptors (Lipinski definition) is 3. The predicted octanol–water partition coefficient (Wildman–Crippen LogP) is 3.08. The van der Waals surface area contributed by atoms with Gasteiger partial charge in [-0.2, -0.15) is 0 Å². The van der Waals surface area contributed by atoms with Crippen molar-refractivity contribution in [3.8, 4) is 0 Å². The fourth-order valence-electron chi connectivity index (χ4n) is 0.979. The largest absolute Gasteiger partial charge is 0.259 e. The maximum atomic E-state index is 10.5. The summed E-state index contributed by atoms with van der Waals surface area (Å²) in [7, 11) is 0. The lowest BCUT2D eigenvalue weighted by Crippen LogP contribution is -1.95. The van der Waals surface area contributed by atoms with Gasteiger partial charge < -0.3 is 0 Å². The van der Waals surface area contributed by atoms with Gasteiger partial charge in [-0.25, -0.2) is 0 Å². The Labute approximate surface area is 80.9 Å². The van der Waals surface area contributed by atoms with Gasteiger partial charge in [-0.05, 0) is 19.1 Å². The molecule has 0 aliphatic heterocycles. The monoisotopic (exact) mass is 197 g/mol. The molecule has 1 rings (SSSR count). The highest BCUT2D eigenvalue weighted by Crippen LogP contribution is 2.19. The second-order valence-corrected chi connectivity index (χ2v) is 4.01. The van der Waals surface area contributed by atoms with Gasteiger partial charge in [0.25, 0.3) is 0 Å². The Hall–Kier alpha value is -1.16. The maximum Gasteiger partial charge on any atom is 0.247 e. The highest BCUT2D eigenvalue weighted by molar-refractivity contribution is 7.12. The van der Waals surface area contributed by atoms with Gasteiger partial charge >= 0.3 is 0 Å². The Balaban J connectivity index is 2.91. The van der Waals surface area contributed by atoms with Crippen LogP contribution in [0.15, 0.2) is 17.8 Å². The quantitative estimate of drug-likeness (QED) is 0.552. The van der Waals surface area contributed by atoms with Crippen molar-refractivity contribution in [3.05, 3.63) is 37.7 Å². The summed E-state index contributed by atoms with van der Waals surface area (Å²) in [6.07, 6.45) is 2.10. The first-order valence-corrected chi connectivity index (χ1v) is 4.86. The van der Waals surface area contributed by atoms with Crippen LogP contribution in [0.5, 0.6) is 0 Å². The molecule has 0 radical (unpaired) electrons. The van der Waals surface area contributed by atoms with Crippen LogP contribution in [0, 0.1) is 17.0 Å². The van der Waals surface area contributed by atoms with E-state index in [2.05, 4.69) is 0 Å². The van der Waals surface area contributed by atoms with Crippen LogP contribution in [0.25, 0.3) is 6.08 Å². The lowest BCUT2D eigenvalue weighted by molar-refractivity contribution is -0.425. The van der Waals surface area contributed by atoms with Crippen molar-refractivity contribution >= 4 is 17.4 Å². The van der Waals surface area contributed by atoms with E-state index >= 15 is 0 Å². The Kier molecular flexibility index (Phi) is 3.19. The zero-order valence-corrected chi connectivity index (χ0v) is 8.43. The molecular formula is C9H11NO2S. The summed E-state index contributed by atoms with van der Waals surface area (Å²) in [5.41, 5.74) is 0.266. The number of rotatable bonds is 3. The van der Waals surface area contributed by atoms with E-state index in [1.165, 1.54) is 4.88 Å². The molecule has 0 saturated heterocycles. The second kappa shape index (κ2) is 4.18. The minimum absolute atomic E-state index is 0.266. The van der Waals surface area contributed by atoms with Gasteiger partial charge in [0.2, 0.25) is 5.70 Å². The third kappa shape index (κ3) is 2.66. The van der Waals surface area contributed by atoms with E-state index in [1.807, 2.05) is 19.1 Å². The molecule has 0 spiro atoms. The minimum atomic E-state index is -0.324. The van der Waals surface area contributed by atoms with E-state index in [-0.39, 0.29) is 10.6 Å². The van der Waals surface area contributed by atoms with Gasteiger partial charge in [0, 0.05) is 22.3 Å². The van der Waals surface area contributed by atoms with Crippen LogP contribution in [-0.2, 0) is 0 Å². The molecule has 0 aromatic carbocycles. The van der Waals surface area contributed by atoms with Gasteiger partial charge in [0.1, 0.15) is 0 Å². The van der Waals surface area contributed by atoms with Crippen molar-refractivity contribution in [3.63, 3.8) is 0 Å². The van der Waals surface area contributed by atoms with E-state index in [4.69, 9.17) is 0 Å². The summed E-state index contributed by atoms with van der Waals surface area (Å²) in [5.74, 6) is 0. The third-order valence-corrected chi connectivity index (χ3v) is 2.61. The van der Waals surface area contributed by atoms with Crippen molar-refractivity contribution in [2.24, 2.45) is 0 Å². The van der Waals surface area contributed by atoms with Crippen molar-refractivity contribution in [1.29, 1.82) is 0 Å². The number of allylic oxidation sites excluding steroid dienone is 1. The lowest BCUT2D eigenvalue weighted by Gasteiger charge is -1.91. The molecular weight excluding hydrogens is 186 g/mol. The van der Waals surface area contributed by atoms with Crippen molar-refractivity contribution in [1.82, 2.24) is 0 Å². The lowest BCUT2D eigenvalue weighted by atomic mass is 10.3. The maximum absolute atomic E-state index is 10.5. The predicted molar refractivity (Wildman–Crippen MR) is 54.3 cm³/mol. The van der Waals surface area contributed by atoms with E-state index in [9.17, 15) is 10.1 Å². The first-order valence-electron chi connectivity index (χ1n) is 4.05. The minimum Gasteiger partial charge on any atom is -0.259 e. The summed E-state index contributed by atoms with van der Waals surface area (Å²) >= 11 is 1.57. The molecule has 0 bridgehead atoms. The molecule has 0 fully saturated rings. The number of thiophene rings is 1. The third-order valence-electron chi connectivity index (χ3n) is 1.67. The summed E-state index contributed by atoms with van der Waals surface area (Å²) in [6.45, 7) is 3.77. The number of aryl methyl sites for hydroxylation is 1. The summed E-state index contributed by atoms with van der Waals surface area (Å²) in [6, 6.07) is 3.86. The topological polar surface area (TPSA) is 43.1 Å². The molecule has 0 atom stereocenters. The van der Waals surface area contributed by atoms with Crippen LogP contribution >= 0.6 is 11.3 Å². The van der Waals surface area contributed by atoms with Crippen molar-refractivity contribution < 1.29 is 4.92 Å². The molecule has 0 unspecified atom stereocenters. The van der Waals surface area contributed by atoms with Crippen LogP contribution < -0.4 is 0 Å². The first-order chi connectivity index (χ1) is 6.13. The number of hydrogen-bond donors (Lipinski definition) is 0. The standard InChI is InChI=1S/C9H11NO2S/c1-3-8(10(11)12)6-9-5-4-7(2)13-9/h4-6H,3H2,1-2H3/b8-6-. The molecule has 1 heterocycles. The Morgan fingerprint density at radius 2 is 2.38 bits per heavy atom. The second-order valence-electron chi connectivity index (χ2n) is 2.69. The fourth-order valence-corrected chi connectivity index (χ4v) is 1.82. The fraction of sp³-hybridized carbons (Fsp3) is 0.333. The van der Waals surface area contributed by atoms with E-state index in [0.717, 1.165) is 4.88 Å². The Bertz CT molecular complexity index is 341. The van der Waals surface area contributed by atoms with Gasteiger partial charge in [0.15, 0.2) is 0 Å². The summed E-state index contributed by atoms with van der Waals surface area (Å²) in [4.78, 5) is 12.3. The number of nitro groups is 1. The first kappa shape index (κ1) is 9.92. The van der Waals surface area contributed by atoms with Crippen LogP contribution in [0.1, 0.15) is 23.1 Å². The smallest absolute Gasteiger partial charge is 0.247 e. The average molecular weight is 197 g/mol. The molecule has 1 aromatic rings. The van der Waals surface area contributed by atoms with Gasteiger partial charge in [-0.15, -0.1) is 11.3 Å². The molecule has 13 heavy (non-hydrogen) atoms. The zero-order valence-electron chi connectivity index (χ0n) is 7.61. The van der Waals surface area contributed by atoms with Crippen LogP contribution in [0.2, 0.25) is 0 Å². The highest BCUT2D eigenvalue weighted by Gasteiger charge is 2.07. The van der Waals surface area contributed by atoms with Crippen molar-refractivity contribution in [2.45, 2.75) is 20.3 Å². The molecule has 0 amide bonds. The number of nitrogens with zero attached hydrogens (tertiary/aromatic N) is 1. The van der Waals surface area contributed by atoms with Crippen LogP contribution in [0.4, 0.5) is 0 Å². The van der Waals surface area contributed by atoms with Crippen molar-refractivity contribution in [2.75, 3.05) is 0 Å². The molecule has 70 valence electrons. The highest BCUT2D eigenvalue weighted by atomic mass is 32.1. The summed E-state index contributed by atoms with van der Waals surface area (Å²) in [5, 5.41) is 10.5. The van der Waals surface area contributed by atoms with E-state index in [1.54, 1.807) is 24.3 Å². The normalized spacial score (nSPS) is 11.7. The molecule has 0 aliphatic carbocycles. The van der Waals surface area contributed by atoms with Gasteiger partial charge in [-0.1, -0.05) is 6.92 Å². The molecule has 4 heteroatoms. The molecule has 0 saturated carbocycles. The van der Waals surface area contributed by atoms with Gasteiger partial charge in [0.05, 0.1) is 4.92 Å². The van der Waals surface area contributed by atoms with E-state index in [0.29, 0.717) is 6.42 Å². The van der Waals surface area contributed by atoms with E-state index < -0.39 is 0 Å². The molecule has 0 N–H and O–H groups in total. The Morgan fingerprint density at radius 1 is 1.69 bits per heavy atom. The van der Waals surface area contributed by atoms with Crippen LogP contribution in [-0.4, -0.2) is 4.92 Å². The molecule has 1 aromatic heterocycles. The molecule has 0 aliphatic rings. The average Bonchev–Trinajstić information content (AvgIpc) is 2.46. The van der Waals surface area contributed by atoms with Crippen LogP contribution in [0.3, 0.4) is 0 Å². The SMILES string of the molecule is CC/C(=C/c1ccc(C)s1)[N+](=O)[O-].